The van der Waals surface area contributed by atoms with Gasteiger partial charge in [-0.05, 0) is 36.8 Å². The molecule has 10 nitrogen and oxygen atoms in total. The van der Waals surface area contributed by atoms with Crippen molar-refractivity contribution in [2.45, 2.75) is 13.0 Å². The summed E-state index contributed by atoms with van der Waals surface area (Å²) in [6.07, 6.45) is 0. The van der Waals surface area contributed by atoms with Gasteiger partial charge in [0.1, 0.15) is 11.8 Å². The van der Waals surface area contributed by atoms with Crippen LogP contribution in [0.5, 0.6) is 17.2 Å². The van der Waals surface area contributed by atoms with Gasteiger partial charge in [-0.15, -0.1) is 0 Å². The van der Waals surface area contributed by atoms with Crippen molar-refractivity contribution in [3.63, 3.8) is 0 Å². The lowest BCUT2D eigenvalue weighted by Gasteiger charge is -2.40. The van der Waals surface area contributed by atoms with Crippen LogP contribution in [-0.4, -0.2) is 76.9 Å². The average molecular weight is 497 g/mol. The van der Waals surface area contributed by atoms with Gasteiger partial charge in [-0.3, -0.25) is 14.9 Å². The lowest BCUT2D eigenvalue weighted by atomic mass is 9.91. The lowest BCUT2D eigenvalue weighted by Crippen LogP contribution is -2.57. The fraction of sp³-hybridized carbons (Fsp3) is 0.423. The van der Waals surface area contributed by atoms with E-state index in [1.165, 1.54) is 7.11 Å². The minimum atomic E-state index is -1.11. The van der Waals surface area contributed by atoms with Crippen LogP contribution in [-0.2, 0) is 14.3 Å². The highest BCUT2D eigenvalue weighted by molar-refractivity contribution is 6.08. The number of para-hydroxylation sites is 2. The molecule has 1 N–H and O–H groups in total. The number of rotatable bonds is 7. The number of guanidine groups is 1. The first-order chi connectivity index (χ1) is 17.5. The van der Waals surface area contributed by atoms with Gasteiger partial charge in [0, 0.05) is 26.2 Å². The first-order valence-electron chi connectivity index (χ1n) is 11.9. The average Bonchev–Trinajstić information content (AvgIpc) is 2.92. The number of esters is 1. The molecule has 2 aliphatic heterocycles. The van der Waals surface area contributed by atoms with Crippen molar-refractivity contribution in [1.82, 2.24) is 10.2 Å². The van der Waals surface area contributed by atoms with Gasteiger partial charge in [-0.2, -0.15) is 0 Å². The van der Waals surface area contributed by atoms with E-state index in [-0.39, 0.29) is 6.61 Å². The maximum absolute atomic E-state index is 13.2. The van der Waals surface area contributed by atoms with E-state index >= 15 is 0 Å². The number of ether oxygens (including phenoxy) is 4. The number of anilines is 1. The fourth-order valence-electron chi connectivity index (χ4n) is 4.55. The van der Waals surface area contributed by atoms with Crippen molar-refractivity contribution < 1.29 is 28.5 Å². The number of piperazine rings is 1. The number of carbonyl (C=O) groups is 2. The van der Waals surface area contributed by atoms with Gasteiger partial charge in [0.2, 0.25) is 11.9 Å². The number of hydrogen-bond donors (Lipinski definition) is 1. The summed E-state index contributed by atoms with van der Waals surface area (Å²) >= 11 is 0. The number of amides is 1. The molecule has 0 aliphatic carbocycles. The molecule has 1 saturated heterocycles. The smallest absolute Gasteiger partial charge is 0.321 e. The molecule has 36 heavy (non-hydrogen) atoms. The highest BCUT2D eigenvalue weighted by Crippen LogP contribution is 2.36. The zero-order chi connectivity index (χ0) is 25.7. The van der Waals surface area contributed by atoms with E-state index < -0.39 is 23.8 Å². The molecule has 10 heteroatoms. The van der Waals surface area contributed by atoms with Gasteiger partial charge >= 0.3 is 5.97 Å². The Hall–Kier alpha value is -3.95. The third kappa shape index (κ3) is 5.02. The van der Waals surface area contributed by atoms with Gasteiger partial charge in [0.15, 0.2) is 17.4 Å². The molecule has 2 aromatic rings. The van der Waals surface area contributed by atoms with Crippen molar-refractivity contribution in [2.75, 3.05) is 59.0 Å². The third-order valence-electron chi connectivity index (χ3n) is 6.39. The Balaban J connectivity index is 1.61. The van der Waals surface area contributed by atoms with Crippen LogP contribution in [0.15, 0.2) is 47.5 Å². The quantitative estimate of drug-likeness (QED) is 0.460. The number of benzene rings is 2. The molecule has 0 unspecified atom stereocenters. The predicted molar refractivity (Wildman–Crippen MR) is 135 cm³/mol. The number of methoxy groups -OCH3 is 3. The summed E-state index contributed by atoms with van der Waals surface area (Å²) in [5, 5.41) is 2.84. The predicted octanol–water partition coefficient (Wildman–Crippen LogP) is 2.24. The van der Waals surface area contributed by atoms with E-state index in [2.05, 4.69) is 10.2 Å². The van der Waals surface area contributed by atoms with Crippen LogP contribution in [0.1, 0.15) is 18.5 Å². The second kappa shape index (κ2) is 11.2. The van der Waals surface area contributed by atoms with E-state index in [0.29, 0.717) is 36.1 Å². The van der Waals surface area contributed by atoms with Gasteiger partial charge in [0.25, 0.3) is 0 Å². The van der Waals surface area contributed by atoms with Crippen molar-refractivity contribution in [2.24, 2.45) is 10.9 Å². The van der Waals surface area contributed by atoms with Crippen LogP contribution in [0.3, 0.4) is 0 Å². The normalized spacial score (nSPS) is 19.8. The topological polar surface area (TPSA) is 102 Å². The Kier molecular flexibility index (Phi) is 7.82. The standard InChI is InChI=1S/C26H32N4O6/c1-5-36-25(32)22-23(17-10-11-20(34-3)21(16-17)35-4)27-26(28-24(22)31)30-14-12-29(13-15-30)18-8-6-7-9-19(18)33-2/h6-11,16,22-23H,5,12-15H2,1-4H3,(H,27,28,31)/t22-,23-/m1/s1. The molecule has 0 aromatic heterocycles. The molecule has 0 radical (unpaired) electrons. The van der Waals surface area contributed by atoms with E-state index in [9.17, 15) is 9.59 Å². The molecule has 2 heterocycles. The zero-order valence-corrected chi connectivity index (χ0v) is 21.0. The maximum Gasteiger partial charge on any atom is 0.321 e. The molecule has 0 saturated carbocycles. The molecule has 2 aromatic carbocycles. The van der Waals surface area contributed by atoms with Gasteiger partial charge < -0.3 is 28.7 Å². The molecule has 1 fully saturated rings. The van der Waals surface area contributed by atoms with Crippen molar-refractivity contribution in [3.8, 4) is 17.2 Å². The number of hydrogen-bond acceptors (Lipinski definition) is 9. The Morgan fingerprint density at radius 1 is 0.944 bits per heavy atom. The second-order valence-electron chi connectivity index (χ2n) is 8.38. The summed E-state index contributed by atoms with van der Waals surface area (Å²) < 4.78 is 21.5. The Morgan fingerprint density at radius 2 is 1.61 bits per heavy atom. The summed E-state index contributed by atoms with van der Waals surface area (Å²) in [6.45, 7) is 4.59. The van der Waals surface area contributed by atoms with Gasteiger partial charge in [-0.25, -0.2) is 4.99 Å². The SMILES string of the molecule is CCOC(=O)[C@H]1C(=O)NC(N2CCN(c3ccccc3OC)CC2)=N[C@@H]1c1ccc(OC)c(OC)c1. The molecular formula is C26H32N4O6. The van der Waals surface area contributed by atoms with E-state index in [4.69, 9.17) is 23.9 Å². The molecule has 2 atom stereocenters. The number of nitrogens with zero attached hydrogens (tertiary/aromatic N) is 3. The zero-order valence-electron chi connectivity index (χ0n) is 21.0. The maximum atomic E-state index is 13.2. The van der Waals surface area contributed by atoms with Crippen molar-refractivity contribution in [1.29, 1.82) is 0 Å². The summed E-state index contributed by atoms with van der Waals surface area (Å²) in [7, 11) is 4.75. The third-order valence-corrected chi connectivity index (χ3v) is 6.39. The van der Waals surface area contributed by atoms with Crippen LogP contribution in [0, 0.1) is 5.92 Å². The van der Waals surface area contributed by atoms with Crippen molar-refractivity contribution in [3.05, 3.63) is 48.0 Å². The molecule has 1 amide bonds. The van der Waals surface area contributed by atoms with Gasteiger partial charge in [-0.1, -0.05) is 18.2 Å². The largest absolute Gasteiger partial charge is 0.495 e. The van der Waals surface area contributed by atoms with Crippen LogP contribution in [0.25, 0.3) is 0 Å². The molecule has 0 spiro atoms. The molecule has 2 aliphatic rings. The van der Waals surface area contributed by atoms with Crippen molar-refractivity contribution >= 4 is 23.5 Å². The van der Waals surface area contributed by atoms with Crippen LogP contribution in [0.2, 0.25) is 0 Å². The van der Waals surface area contributed by atoms with E-state index in [0.717, 1.165) is 24.5 Å². The Labute approximate surface area is 210 Å². The Bertz CT molecular complexity index is 1130. The summed E-state index contributed by atoms with van der Waals surface area (Å²) in [4.78, 5) is 35.1. The van der Waals surface area contributed by atoms with Crippen LogP contribution in [0.4, 0.5) is 5.69 Å². The van der Waals surface area contributed by atoms with Crippen LogP contribution < -0.4 is 24.4 Å². The fourth-order valence-corrected chi connectivity index (χ4v) is 4.55. The second-order valence-corrected chi connectivity index (χ2v) is 8.38. The lowest BCUT2D eigenvalue weighted by molar-refractivity contribution is -0.153. The van der Waals surface area contributed by atoms with E-state index in [1.807, 2.05) is 29.2 Å². The van der Waals surface area contributed by atoms with Gasteiger partial charge in [0.05, 0.1) is 33.6 Å². The molecule has 192 valence electrons. The summed E-state index contributed by atoms with van der Waals surface area (Å²) in [6, 6.07) is 12.4. The molecular weight excluding hydrogens is 464 g/mol. The first-order valence-corrected chi connectivity index (χ1v) is 11.9. The molecule has 0 bridgehead atoms. The number of nitrogens with one attached hydrogen (secondary N) is 1. The number of carbonyl (C=O) groups excluding carboxylic acids is 2. The highest BCUT2D eigenvalue weighted by Gasteiger charge is 2.42. The minimum Gasteiger partial charge on any atom is -0.495 e. The highest BCUT2D eigenvalue weighted by atomic mass is 16.5. The summed E-state index contributed by atoms with van der Waals surface area (Å²) in [5.74, 6) is 0.141. The molecule has 4 rings (SSSR count). The first kappa shape index (κ1) is 25.2. The summed E-state index contributed by atoms with van der Waals surface area (Å²) in [5.41, 5.74) is 1.69. The Morgan fingerprint density at radius 3 is 2.28 bits per heavy atom. The van der Waals surface area contributed by atoms with Crippen LogP contribution >= 0.6 is 0 Å². The minimum absolute atomic E-state index is 0.169. The number of aliphatic imine (C=N–C) groups is 1. The monoisotopic (exact) mass is 496 g/mol. The van der Waals surface area contributed by atoms with E-state index in [1.54, 1.807) is 39.3 Å².